The second-order valence-electron chi connectivity index (χ2n) is 6.48. The van der Waals surface area contributed by atoms with E-state index in [2.05, 4.69) is 10.0 Å². The topological polar surface area (TPSA) is 108 Å². The van der Waals surface area contributed by atoms with Crippen LogP contribution in [0, 0.1) is 0 Å². The van der Waals surface area contributed by atoms with Crippen molar-refractivity contribution in [2.24, 2.45) is 0 Å². The molecule has 2 N–H and O–H groups in total. The van der Waals surface area contributed by atoms with Crippen LogP contribution in [0.15, 0.2) is 0 Å². The fourth-order valence-electron chi connectivity index (χ4n) is 3.21. The van der Waals surface area contributed by atoms with Gasteiger partial charge in [-0.2, -0.15) is 12.7 Å². The van der Waals surface area contributed by atoms with E-state index in [0.717, 1.165) is 38.5 Å². The normalized spacial score (nSPS) is 20.8. The lowest BCUT2D eigenvalue weighted by atomic mass is 10.1. The zero-order valence-corrected chi connectivity index (χ0v) is 15.5. The lowest BCUT2D eigenvalue weighted by Gasteiger charge is -2.33. The summed E-state index contributed by atoms with van der Waals surface area (Å²) >= 11 is 0. The number of nitrogens with zero attached hydrogens (tertiary/aromatic N) is 2. The van der Waals surface area contributed by atoms with E-state index in [1.807, 2.05) is 0 Å². The lowest BCUT2D eigenvalue weighted by Crippen LogP contribution is -2.56. The number of rotatable bonds is 5. The number of methoxy groups -OCH3 is 1. The van der Waals surface area contributed by atoms with E-state index < -0.39 is 16.2 Å². The van der Waals surface area contributed by atoms with Crippen molar-refractivity contribution < 1.29 is 22.7 Å². The van der Waals surface area contributed by atoms with Crippen molar-refractivity contribution in [2.45, 2.75) is 44.6 Å². The molecule has 1 saturated heterocycles. The van der Waals surface area contributed by atoms with Gasteiger partial charge in [-0.1, -0.05) is 25.7 Å². The molecule has 0 aromatic heterocycles. The molecule has 0 atom stereocenters. The van der Waals surface area contributed by atoms with Gasteiger partial charge in [-0.05, 0) is 12.8 Å². The SMILES string of the molecule is COCC(=O)N1CCN(S(=O)(=O)NC(=O)NC2CCCCCC2)CC1. The molecular weight excluding hydrogens is 348 g/mol. The first-order valence-corrected chi connectivity index (χ1v) is 10.2. The number of piperazine rings is 1. The van der Waals surface area contributed by atoms with E-state index in [0.29, 0.717) is 0 Å². The molecule has 25 heavy (non-hydrogen) atoms. The first-order valence-electron chi connectivity index (χ1n) is 8.77. The smallest absolute Gasteiger partial charge is 0.329 e. The number of carbonyl (C=O) groups excluding carboxylic acids is 2. The first kappa shape index (κ1) is 19.9. The summed E-state index contributed by atoms with van der Waals surface area (Å²) < 4.78 is 32.7. The van der Waals surface area contributed by atoms with Gasteiger partial charge in [0.25, 0.3) is 0 Å². The Bertz CT molecular complexity index is 552. The van der Waals surface area contributed by atoms with Crippen molar-refractivity contribution in [2.75, 3.05) is 39.9 Å². The van der Waals surface area contributed by atoms with Crippen molar-refractivity contribution in [3.05, 3.63) is 0 Å². The number of hydrogen-bond acceptors (Lipinski definition) is 5. The van der Waals surface area contributed by atoms with Gasteiger partial charge in [0.2, 0.25) is 5.91 Å². The summed E-state index contributed by atoms with van der Waals surface area (Å²) in [5, 5.41) is 2.76. The largest absolute Gasteiger partial charge is 0.375 e. The number of nitrogens with one attached hydrogen (secondary N) is 2. The van der Waals surface area contributed by atoms with Crippen molar-refractivity contribution in [3.8, 4) is 0 Å². The van der Waals surface area contributed by atoms with E-state index in [4.69, 9.17) is 4.74 Å². The van der Waals surface area contributed by atoms with Gasteiger partial charge >= 0.3 is 16.2 Å². The molecule has 1 heterocycles. The molecule has 2 fully saturated rings. The Morgan fingerprint density at radius 3 is 2.20 bits per heavy atom. The van der Waals surface area contributed by atoms with Crippen LogP contribution in [-0.2, 0) is 19.7 Å². The molecule has 0 unspecified atom stereocenters. The fraction of sp³-hybridized carbons (Fsp3) is 0.867. The molecule has 10 heteroatoms. The number of amides is 3. The highest BCUT2D eigenvalue weighted by Gasteiger charge is 2.30. The highest BCUT2D eigenvalue weighted by Crippen LogP contribution is 2.17. The molecule has 0 aromatic rings. The number of urea groups is 1. The summed E-state index contributed by atoms with van der Waals surface area (Å²) in [5.41, 5.74) is 0. The summed E-state index contributed by atoms with van der Waals surface area (Å²) in [6.07, 6.45) is 6.18. The molecule has 144 valence electrons. The third-order valence-corrected chi connectivity index (χ3v) is 6.10. The molecule has 1 saturated carbocycles. The number of hydrogen-bond donors (Lipinski definition) is 2. The maximum absolute atomic E-state index is 12.3. The van der Waals surface area contributed by atoms with Gasteiger partial charge < -0.3 is 15.0 Å². The highest BCUT2D eigenvalue weighted by atomic mass is 32.2. The van der Waals surface area contributed by atoms with Crippen LogP contribution >= 0.6 is 0 Å². The zero-order chi connectivity index (χ0) is 18.3. The van der Waals surface area contributed by atoms with Crippen LogP contribution in [0.5, 0.6) is 0 Å². The number of ether oxygens (including phenoxy) is 1. The van der Waals surface area contributed by atoms with E-state index in [-0.39, 0.29) is 44.7 Å². The Morgan fingerprint density at radius 2 is 1.64 bits per heavy atom. The summed E-state index contributed by atoms with van der Waals surface area (Å²) in [6, 6.07) is -0.647. The zero-order valence-electron chi connectivity index (χ0n) is 14.7. The number of carbonyl (C=O) groups is 2. The van der Waals surface area contributed by atoms with Crippen LogP contribution in [0.2, 0.25) is 0 Å². The molecule has 0 aromatic carbocycles. The predicted octanol–water partition coefficient (Wildman–Crippen LogP) is 0.0438. The van der Waals surface area contributed by atoms with Crippen LogP contribution in [0.4, 0.5) is 4.79 Å². The third kappa shape index (κ3) is 6.12. The second-order valence-corrected chi connectivity index (χ2v) is 8.15. The van der Waals surface area contributed by atoms with Crippen molar-refractivity contribution in [1.29, 1.82) is 0 Å². The third-order valence-electron chi connectivity index (χ3n) is 4.61. The van der Waals surface area contributed by atoms with Gasteiger partial charge in [-0.15, -0.1) is 0 Å². The molecule has 0 radical (unpaired) electrons. The van der Waals surface area contributed by atoms with Crippen molar-refractivity contribution >= 4 is 22.1 Å². The average Bonchev–Trinajstić information content (AvgIpc) is 2.83. The maximum atomic E-state index is 12.3. The molecule has 2 rings (SSSR count). The molecular formula is C15H28N4O5S. The van der Waals surface area contributed by atoms with Gasteiger partial charge in [0.1, 0.15) is 6.61 Å². The van der Waals surface area contributed by atoms with Crippen LogP contribution in [0.3, 0.4) is 0 Å². The van der Waals surface area contributed by atoms with E-state index in [9.17, 15) is 18.0 Å². The Labute approximate surface area is 149 Å². The molecule has 9 nitrogen and oxygen atoms in total. The van der Waals surface area contributed by atoms with Crippen LogP contribution in [0.1, 0.15) is 38.5 Å². The summed E-state index contributed by atoms with van der Waals surface area (Å²) in [4.78, 5) is 25.3. The Balaban J connectivity index is 1.81. The summed E-state index contributed by atoms with van der Waals surface area (Å²) in [7, 11) is -2.46. The lowest BCUT2D eigenvalue weighted by molar-refractivity contribution is -0.136. The molecule has 3 amide bonds. The van der Waals surface area contributed by atoms with Crippen molar-refractivity contribution in [3.63, 3.8) is 0 Å². The molecule has 1 aliphatic heterocycles. The van der Waals surface area contributed by atoms with Gasteiger partial charge in [0.05, 0.1) is 0 Å². The standard InChI is InChI=1S/C15H28N4O5S/c1-24-12-14(20)18-8-10-19(11-9-18)25(22,23)17-15(21)16-13-6-4-2-3-5-7-13/h13H,2-12H2,1H3,(H2,16,17,21). The Morgan fingerprint density at radius 1 is 1.04 bits per heavy atom. The predicted molar refractivity (Wildman–Crippen MR) is 92.1 cm³/mol. The minimum atomic E-state index is -3.90. The van der Waals surface area contributed by atoms with E-state index in [1.54, 1.807) is 4.90 Å². The molecule has 0 bridgehead atoms. The Kier molecular flexibility index (Phi) is 7.45. The first-order chi connectivity index (χ1) is 11.9. The maximum Gasteiger partial charge on any atom is 0.329 e. The minimum absolute atomic E-state index is 0.0191. The fourth-order valence-corrected chi connectivity index (χ4v) is 4.28. The van der Waals surface area contributed by atoms with Gasteiger partial charge in [-0.3, -0.25) is 4.79 Å². The second kappa shape index (κ2) is 9.35. The Hall–Kier alpha value is -1.39. The monoisotopic (exact) mass is 376 g/mol. The van der Waals surface area contributed by atoms with Gasteiger partial charge in [0, 0.05) is 39.3 Å². The minimum Gasteiger partial charge on any atom is -0.375 e. The molecule has 0 spiro atoms. The quantitative estimate of drug-likeness (QED) is 0.659. The van der Waals surface area contributed by atoms with Crippen LogP contribution in [-0.4, -0.2) is 75.5 Å². The molecule has 1 aliphatic carbocycles. The van der Waals surface area contributed by atoms with Crippen molar-refractivity contribution in [1.82, 2.24) is 19.2 Å². The van der Waals surface area contributed by atoms with Crippen LogP contribution in [0.25, 0.3) is 0 Å². The molecule has 2 aliphatic rings. The van der Waals surface area contributed by atoms with Crippen LogP contribution < -0.4 is 10.0 Å². The highest BCUT2D eigenvalue weighted by molar-refractivity contribution is 7.87. The van der Waals surface area contributed by atoms with Gasteiger partial charge in [-0.25, -0.2) is 9.52 Å². The average molecular weight is 376 g/mol. The van der Waals surface area contributed by atoms with E-state index >= 15 is 0 Å². The summed E-state index contributed by atoms with van der Waals surface area (Å²) in [6.45, 7) is 0.860. The van der Waals surface area contributed by atoms with Gasteiger partial charge in [0.15, 0.2) is 0 Å². The summed E-state index contributed by atoms with van der Waals surface area (Å²) in [5.74, 6) is -0.168. The van der Waals surface area contributed by atoms with E-state index in [1.165, 1.54) is 11.4 Å².